The molecule has 0 radical (unpaired) electrons. The van der Waals surface area contributed by atoms with Gasteiger partial charge in [-0.25, -0.2) is 4.98 Å². The van der Waals surface area contributed by atoms with Gasteiger partial charge in [-0.3, -0.25) is 4.79 Å². The number of rotatable bonds is 9. The van der Waals surface area contributed by atoms with Crippen LogP contribution in [0.4, 0.5) is 5.82 Å². The third-order valence-corrected chi connectivity index (χ3v) is 3.97. The highest BCUT2D eigenvalue weighted by molar-refractivity contribution is 5.91. The van der Waals surface area contributed by atoms with E-state index in [0.717, 1.165) is 30.0 Å². The van der Waals surface area contributed by atoms with Crippen molar-refractivity contribution in [2.24, 2.45) is 0 Å². The molecule has 0 atom stereocenters. The number of ether oxygens (including phenoxy) is 1. The van der Waals surface area contributed by atoms with Gasteiger partial charge in [0.05, 0.1) is 0 Å². The highest BCUT2D eigenvalue weighted by Gasteiger charge is 2.03. The molecule has 1 aromatic carbocycles. The van der Waals surface area contributed by atoms with E-state index in [-0.39, 0.29) is 12.5 Å². The lowest BCUT2D eigenvalue weighted by Gasteiger charge is -2.19. The number of carbonyl (C=O) groups is 1. The van der Waals surface area contributed by atoms with Crippen LogP contribution in [0.2, 0.25) is 0 Å². The van der Waals surface area contributed by atoms with Gasteiger partial charge in [0.2, 0.25) is 5.91 Å². The van der Waals surface area contributed by atoms with Crippen LogP contribution >= 0.6 is 0 Å². The number of carbonyl (C=O) groups excluding carboxylic acids is 1. The lowest BCUT2D eigenvalue weighted by molar-refractivity contribution is -0.116. The van der Waals surface area contributed by atoms with Crippen LogP contribution in [0.15, 0.2) is 48.7 Å². The Labute approximate surface area is 160 Å². The zero-order chi connectivity index (χ0) is 19.5. The molecule has 0 aliphatic heterocycles. The summed E-state index contributed by atoms with van der Waals surface area (Å²) in [6.07, 6.45) is 5.01. The first kappa shape index (κ1) is 20.0. The lowest BCUT2D eigenvalue weighted by atomic mass is 10.2. The summed E-state index contributed by atoms with van der Waals surface area (Å²) in [6, 6.07) is 13.0. The minimum absolute atomic E-state index is 0.0162. The Kier molecular flexibility index (Phi) is 7.86. The van der Waals surface area contributed by atoms with E-state index in [4.69, 9.17) is 10.00 Å². The molecular formula is C21H24N4O2. The number of amides is 1. The SMILES string of the molecule is CCN(CC)c1ccc(CNC(=O)C=Cc2ccc(OCC#N)cc2)cn1. The van der Waals surface area contributed by atoms with Crippen LogP contribution < -0.4 is 15.0 Å². The van der Waals surface area contributed by atoms with Crippen molar-refractivity contribution in [3.63, 3.8) is 0 Å². The van der Waals surface area contributed by atoms with Crippen LogP contribution in [0.1, 0.15) is 25.0 Å². The van der Waals surface area contributed by atoms with E-state index in [9.17, 15) is 4.79 Å². The van der Waals surface area contributed by atoms with Gasteiger partial charge in [0.1, 0.15) is 17.6 Å². The highest BCUT2D eigenvalue weighted by Crippen LogP contribution is 2.13. The van der Waals surface area contributed by atoms with Crippen LogP contribution in [0.25, 0.3) is 6.08 Å². The molecule has 0 spiro atoms. The summed E-state index contributed by atoms with van der Waals surface area (Å²) in [5.74, 6) is 1.39. The van der Waals surface area contributed by atoms with Gasteiger partial charge in [0.15, 0.2) is 6.61 Å². The van der Waals surface area contributed by atoms with Gasteiger partial charge in [-0.15, -0.1) is 0 Å². The van der Waals surface area contributed by atoms with Crippen LogP contribution in [0.3, 0.4) is 0 Å². The maximum atomic E-state index is 12.0. The topological polar surface area (TPSA) is 78.3 Å². The third kappa shape index (κ3) is 6.48. The summed E-state index contributed by atoms with van der Waals surface area (Å²) in [4.78, 5) is 18.6. The van der Waals surface area contributed by atoms with Crippen molar-refractivity contribution in [2.75, 3.05) is 24.6 Å². The van der Waals surface area contributed by atoms with E-state index < -0.39 is 0 Å². The number of hydrogen-bond acceptors (Lipinski definition) is 5. The quantitative estimate of drug-likeness (QED) is 0.692. The molecule has 0 saturated carbocycles. The van der Waals surface area contributed by atoms with Crippen LogP contribution in [0.5, 0.6) is 5.75 Å². The number of nitrogens with one attached hydrogen (secondary N) is 1. The summed E-state index contributed by atoms with van der Waals surface area (Å²) in [5.41, 5.74) is 1.83. The molecule has 0 aliphatic carbocycles. The van der Waals surface area contributed by atoms with E-state index in [0.29, 0.717) is 12.3 Å². The Morgan fingerprint density at radius 2 is 1.96 bits per heavy atom. The fourth-order valence-electron chi connectivity index (χ4n) is 2.47. The second kappa shape index (κ2) is 10.6. The van der Waals surface area contributed by atoms with Gasteiger partial charge >= 0.3 is 0 Å². The van der Waals surface area contributed by atoms with Crippen LogP contribution in [-0.2, 0) is 11.3 Å². The van der Waals surface area contributed by atoms with Crippen molar-refractivity contribution in [3.8, 4) is 11.8 Å². The number of nitriles is 1. The van der Waals surface area contributed by atoms with Gasteiger partial charge in [0.25, 0.3) is 0 Å². The second-order valence-electron chi connectivity index (χ2n) is 5.76. The number of hydrogen-bond donors (Lipinski definition) is 1. The summed E-state index contributed by atoms with van der Waals surface area (Å²) < 4.78 is 5.19. The Balaban J connectivity index is 1.83. The first-order valence-electron chi connectivity index (χ1n) is 8.91. The Morgan fingerprint density at radius 3 is 2.56 bits per heavy atom. The van der Waals surface area contributed by atoms with Gasteiger partial charge < -0.3 is 15.0 Å². The van der Waals surface area contributed by atoms with Crippen molar-refractivity contribution >= 4 is 17.8 Å². The average Bonchev–Trinajstić information content (AvgIpc) is 2.71. The summed E-state index contributed by atoms with van der Waals surface area (Å²) in [6.45, 7) is 6.46. The van der Waals surface area contributed by atoms with E-state index in [1.807, 2.05) is 30.3 Å². The lowest BCUT2D eigenvalue weighted by Crippen LogP contribution is -2.23. The molecule has 0 aliphatic rings. The summed E-state index contributed by atoms with van der Waals surface area (Å²) >= 11 is 0. The maximum Gasteiger partial charge on any atom is 0.244 e. The van der Waals surface area contributed by atoms with Crippen LogP contribution in [-0.4, -0.2) is 30.6 Å². The van der Waals surface area contributed by atoms with E-state index in [1.165, 1.54) is 6.08 Å². The predicted octanol–water partition coefficient (Wildman–Crippen LogP) is 3.16. The first-order chi connectivity index (χ1) is 13.2. The number of anilines is 1. The molecule has 1 N–H and O–H groups in total. The minimum atomic E-state index is -0.173. The highest BCUT2D eigenvalue weighted by atomic mass is 16.5. The maximum absolute atomic E-state index is 12.0. The molecule has 0 unspecified atom stereocenters. The van der Waals surface area contributed by atoms with Crippen LogP contribution in [0, 0.1) is 11.3 Å². The smallest absolute Gasteiger partial charge is 0.244 e. The molecule has 1 aromatic heterocycles. The normalized spacial score (nSPS) is 10.4. The van der Waals surface area contributed by atoms with E-state index in [1.54, 1.807) is 24.4 Å². The molecular weight excluding hydrogens is 340 g/mol. The number of aromatic nitrogens is 1. The monoisotopic (exact) mass is 364 g/mol. The summed E-state index contributed by atoms with van der Waals surface area (Å²) in [7, 11) is 0. The predicted molar refractivity (Wildman–Crippen MR) is 106 cm³/mol. The Morgan fingerprint density at radius 1 is 1.22 bits per heavy atom. The van der Waals surface area contributed by atoms with Gasteiger partial charge in [-0.2, -0.15) is 5.26 Å². The molecule has 0 saturated heterocycles. The molecule has 6 heteroatoms. The zero-order valence-corrected chi connectivity index (χ0v) is 15.7. The number of nitrogens with zero attached hydrogens (tertiary/aromatic N) is 3. The van der Waals surface area contributed by atoms with Gasteiger partial charge in [-0.05, 0) is 49.2 Å². The van der Waals surface area contributed by atoms with Crippen molar-refractivity contribution in [3.05, 3.63) is 59.8 Å². The minimum Gasteiger partial charge on any atom is -0.479 e. The average molecular weight is 364 g/mol. The molecule has 6 nitrogen and oxygen atoms in total. The second-order valence-corrected chi connectivity index (χ2v) is 5.76. The Bertz CT molecular complexity index is 788. The Hall–Kier alpha value is -3.33. The van der Waals surface area contributed by atoms with Gasteiger partial charge in [0, 0.05) is 31.9 Å². The molecule has 2 aromatic rings. The first-order valence-corrected chi connectivity index (χ1v) is 8.91. The fourth-order valence-corrected chi connectivity index (χ4v) is 2.47. The molecule has 1 heterocycles. The largest absolute Gasteiger partial charge is 0.479 e. The van der Waals surface area contributed by atoms with E-state index in [2.05, 4.69) is 29.0 Å². The van der Waals surface area contributed by atoms with Crippen molar-refractivity contribution in [2.45, 2.75) is 20.4 Å². The number of pyridine rings is 1. The zero-order valence-electron chi connectivity index (χ0n) is 15.7. The van der Waals surface area contributed by atoms with Crippen molar-refractivity contribution < 1.29 is 9.53 Å². The molecule has 2 rings (SSSR count). The van der Waals surface area contributed by atoms with E-state index >= 15 is 0 Å². The molecule has 27 heavy (non-hydrogen) atoms. The standard InChI is InChI=1S/C21H24N4O2/c1-3-25(4-2)20-11-7-18(15-23-20)16-24-21(26)12-8-17-5-9-19(10-6-17)27-14-13-22/h5-12,15H,3-4,14,16H2,1-2H3,(H,24,26). The molecule has 140 valence electrons. The van der Waals surface area contributed by atoms with Gasteiger partial charge in [-0.1, -0.05) is 18.2 Å². The molecule has 0 bridgehead atoms. The molecule has 1 amide bonds. The van der Waals surface area contributed by atoms with Crippen molar-refractivity contribution in [1.29, 1.82) is 5.26 Å². The molecule has 0 fully saturated rings. The number of benzene rings is 1. The fraction of sp³-hybridized carbons (Fsp3) is 0.286. The van der Waals surface area contributed by atoms with Crippen molar-refractivity contribution in [1.82, 2.24) is 10.3 Å². The third-order valence-electron chi connectivity index (χ3n) is 3.97. The summed E-state index contributed by atoms with van der Waals surface area (Å²) in [5, 5.41) is 11.3.